The number of fused-ring (bicyclic) bond motifs is 1. The fourth-order valence-corrected chi connectivity index (χ4v) is 4.84. The van der Waals surface area contributed by atoms with Gasteiger partial charge in [-0.05, 0) is 43.9 Å². The molecule has 1 aliphatic heterocycles. The Hall–Kier alpha value is -3.19. The number of rotatable bonds is 8. The Kier molecular flexibility index (Phi) is 7.86. The summed E-state index contributed by atoms with van der Waals surface area (Å²) in [7, 11) is 0. The third-order valence-corrected chi connectivity index (χ3v) is 6.81. The SMILES string of the molecule is CC(C)CC(CNC(=O)c1cccc2nc(C(=O)N3CCN(C(C)C)CC3)cn12)c1ccccc1. The average molecular weight is 476 g/mol. The summed E-state index contributed by atoms with van der Waals surface area (Å²) in [6, 6.07) is 16.2. The fourth-order valence-electron chi connectivity index (χ4n) is 4.84. The Morgan fingerprint density at radius 3 is 2.31 bits per heavy atom. The highest BCUT2D eigenvalue weighted by Gasteiger charge is 2.25. The summed E-state index contributed by atoms with van der Waals surface area (Å²) in [4.78, 5) is 35.1. The molecule has 1 aliphatic rings. The molecule has 0 spiro atoms. The minimum atomic E-state index is -0.165. The van der Waals surface area contributed by atoms with Gasteiger partial charge >= 0.3 is 0 Å². The predicted octanol–water partition coefficient (Wildman–Crippen LogP) is 4.06. The predicted molar refractivity (Wildman–Crippen MR) is 139 cm³/mol. The number of nitrogens with one attached hydrogen (secondary N) is 1. The minimum absolute atomic E-state index is 0.0791. The first-order valence-electron chi connectivity index (χ1n) is 12.7. The number of piperazine rings is 1. The van der Waals surface area contributed by atoms with Gasteiger partial charge < -0.3 is 10.2 Å². The summed E-state index contributed by atoms with van der Waals surface area (Å²) >= 11 is 0. The summed E-state index contributed by atoms with van der Waals surface area (Å²) in [5, 5.41) is 3.12. The van der Waals surface area contributed by atoms with E-state index in [4.69, 9.17) is 0 Å². The van der Waals surface area contributed by atoms with Gasteiger partial charge in [-0.3, -0.25) is 18.9 Å². The van der Waals surface area contributed by atoms with Gasteiger partial charge in [0.1, 0.15) is 17.0 Å². The van der Waals surface area contributed by atoms with Crippen LogP contribution in [0.5, 0.6) is 0 Å². The van der Waals surface area contributed by atoms with E-state index in [9.17, 15) is 9.59 Å². The third kappa shape index (κ3) is 5.90. The van der Waals surface area contributed by atoms with Crippen molar-refractivity contribution in [2.75, 3.05) is 32.7 Å². The second-order valence-electron chi connectivity index (χ2n) is 10.1. The fraction of sp³-hybridized carbons (Fsp3) is 0.464. The van der Waals surface area contributed by atoms with Gasteiger partial charge in [-0.25, -0.2) is 4.98 Å². The lowest BCUT2D eigenvalue weighted by atomic mass is 9.90. The highest BCUT2D eigenvalue weighted by Crippen LogP contribution is 2.23. The molecule has 2 aromatic heterocycles. The van der Waals surface area contributed by atoms with Gasteiger partial charge in [0.15, 0.2) is 0 Å². The van der Waals surface area contributed by atoms with Crippen LogP contribution in [-0.2, 0) is 0 Å². The average Bonchev–Trinajstić information content (AvgIpc) is 3.31. The van der Waals surface area contributed by atoms with E-state index in [0.29, 0.717) is 48.6 Å². The number of pyridine rings is 1. The molecule has 1 N–H and O–H groups in total. The second kappa shape index (κ2) is 11.0. The van der Waals surface area contributed by atoms with Crippen molar-refractivity contribution in [2.24, 2.45) is 5.92 Å². The highest BCUT2D eigenvalue weighted by atomic mass is 16.2. The quantitative estimate of drug-likeness (QED) is 0.533. The molecule has 0 radical (unpaired) electrons. The monoisotopic (exact) mass is 475 g/mol. The normalized spacial score (nSPS) is 15.7. The minimum Gasteiger partial charge on any atom is -0.350 e. The number of benzene rings is 1. The Labute approximate surface area is 208 Å². The largest absolute Gasteiger partial charge is 0.350 e. The van der Waals surface area contributed by atoms with Crippen LogP contribution in [0.15, 0.2) is 54.7 Å². The highest BCUT2D eigenvalue weighted by molar-refractivity contribution is 5.95. The van der Waals surface area contributed by atoms with Crippen molar-refractivity contribution in [2.45, 2.75) is 46.1 Å². The number of carbonyl (C=O) groups is 2. The van der Waals surface area contributed by atoms with Crippen molar-refractivity contribution in [3.05, 3.63) is 71.7 Å². The molecule has 4 rings (SSSR count). The van der Waals surface area contributed by atoms with Crippen molar-refractivity contribution >= 4 is 17.5 Å². The number of amides is 2. The topological polar surface area (TPSA) is 70.0 Å². The summed E-state index contributed by atoms with van der Waals surface area (Å²) in [5.74, 6) is 0.515. The van der Waals surface area contributed by atoms with Crippen molar-refractivity contribution in [1.29, 1.82) is 0 Å². The molecule has 1 fully saturated rings. The van der Waals surface area contributed by atoms with Crippen LogP contribution in [0, 0.1) is 5.92 Å². The Morgan fingerprint density at radius 2 is 1.66 bits per heavy atom. The molecule has 1 atom stereocenters. The summed E-state index contributed by atoms with van der Waals surface area (Å²) in [6.45, 7) is 12.4. The standard InChI is InChI=1S/C28H37N5O2/c1-20(2)17-23(22-9-6-5-7-10-22)18-29-27(34)25-11-8-12-26-30-24(19-33(25)26)28(35)32-15-13-31(14-16-32)21(3)4/h5-12,19-21,23H,13-18H2,1-4H3,(H,29,34). The number of imidazole rings is 1. The van der Waals surface area contributed by atoms with Crippen LogP contribution >= 0.6 is 0 Å². The summed E-state index contributed by atoms with van der Waals surface area (Å²) < 4.78 is 1.73. The van der Waals surface area contributed by atoms with E-state index >= 15 is 0 Å². The molecule has 1 unspecified atom stereocenters. The zero-order chi connectivity index (χ0) is 24.9. The van der Waals surface area contributed by atoms with E-state index in [1.54, 1.807) is 16.7 Å². The van der Waals surface area contributed by atoms with E-state index in [-0.39, 0.29) is 17.7 Å². The molecule has 1 aromatic carbocycles. The first-order valence-corrected chi connectivity index (χ1v) is 12.7. The molecule has 7 nitrogen and oxygen atoms in total. The van der Waals surface area contributed by atoms with Gasteiger partial charge in [0.2, 0.25) is 0 Å². The molecule has 0 saturated carbocycles. The molecule has 0 bridgehead atoms. The smallest absolute Gasteiger partial charge is 0.274 e. The zero-order valence-corrected chi connectivity index (χ0v) is 21.3. The van der Waals surface area contributed by atoms with Crippen LogP contribution in [0.3, 0.4) is 0 Å². The van der Waals surface area contributed by atoms with E-state index in [2.05, 4.69) is 55.0 Å². The maximum atomic E-state index is 13.2. The number of aromatic nitrogens is 2. The maximum absolute atomic E-state index is 13.2. The molecule has 2 amide bonds. The van der Waals surface area contributed by atoms with Gasteiger partial charge in [0, 0.05) is 50.9 Å². The Morgan fingerprint density at radius 1 is 0.943 bits per heavy atom. The molecule has 0 aliphatic carbocycles. The van der Waals surface area contributed by atoms with Crippen LogP contribution in [0.1, 0.15) is 66.6 Å². The molecule has 3 aromatic rings. The van der Waals surface area contributed by atoms with Crippen LogP contribution in [0.2, 0.25) is 0 Å². The van der Waals surface area contributed by atoms with Crippen molar-refractivity contribution in [3.8, 4) is 0 Å². The van der Waals surface area contributed by atoms with E-state index < -0.39 is 0 Å². The lowest BCUT2D eigenvalue weighted by molar-refractivity contribution is 0.0590. The molecule has 1 saturated heterocycles. The zero-order valence-electron chi connectivity index (χ0n) is 21.3. The molecule has 186 valence electrons. The van der Waals surface area contributed by atoms with Gasteiger partial charge in [-0.1, -0.05) is 50.2 Å². The van der Waals surface area contributed by atoms with Crippen molar-refractivity contribution in [3.63, 3.8) is 0 Å². The van der Waals surface area contributed by atoms with Gasteiger partial charge in [-0.2, -0.15) is 0 Å². The number of nitrogens with zero attached hydrogens (tertiary/aromatic N) is 4. The maximum Gasteiger partial charge on any atom is 0.274 e. The lowest BCUT2D eigenvalue weighted by Crippen LogP contribution is -2.50. The molecule has 3 heterocycles. The van der Waals surface area contributed by atoms with Crippen LogP contribution in [0.4, 0.5) is 0 Å². The molecule has 35 heavy (non-hydrogen) atoms. The van der Waals surface area contributed by atoms with E-state index in [0.717, 1.165) is 19.5 Å². The summed E-state index contributed by atoms with van der Waals surface area (Å²) in [6.07, 6.45) is 2.69. The third-order valence-electron chi connectivity index (χ3n) is 6.81. The first kappa shape index (κ1) is 24.9. The van der Waals surface area contributed by atoms with E-state index in [1.807, 2.05) is 35.2 Å². The van der Waals surface area contributed by atoms with Crippen LogP contribution in [-0.4, -0.2) is 69.8 Å². The van der Waals surface area contributed by atoms with Crippen LogP contribution < -0.4 is 5.32 Å². The molecule has 7 heteroatoms. The van der Waals surface area contributed by atoms with Crippen molar-refractivity contribution < 1.29 is 9.59 Å². The van der Waals surface area contributed by atoms with Crippen molar-refractivity contribution in [1.82, 2.24) is 24.5 Å². The second-order valence-corrected chi connectivity index (χ2v) is 10.1. The first-order chi connectivity index (χ1) is 16.8. The van der Waals surface area contributed by atoms with Gasteiger partial charge in [-0.15, -0.1) is 0 Å². The van der Waals surface area contributed by atoms with Crippen LogP contribution in [0.25, 0.3) is 5.65 Å². The number of carbonyl (C=O) groups excluding carboxylic acids is 2. The summed E-state index contributed by atoms with van der Waals surface area (Å²) in [5.41, 5.74) is 2.69. The van der Waals surface area contributed by atoms with E-state index in [1.165, 1.54) is 5.56 Å². The Bertz CT molecular complexity index is 1150. The number of hydrogen-bond donors (Lipinski definition) is 1. The number of hydrogen-bond acceptors (Lipinski definition) is 4. The molecular formula is C28H37N5O2. The van der Waals surface area contributed by atoms with Gasteiger partial charge in [0.05, 0.1) is 0 Å². The van der Waals surface area contributed by atoms with Gasteiger partial charge in [0.25, 0.3) is 11.8 Å². The molecular weight excluding hydrogens is 438 g/mol. The lowest BCUT2D eigenvalue weighted by Gasteiger charge is -2.36. The Balaban J connectivity index is 1.48.